The van der Waals surface area contributed by atoms with E-state index in [1.165, 1.54) is 30.1 Å². The van der Waals surface area contributed by atoms with Gasteiger partial charge in [0.05, 0.1) is 43.4 Å². The quantitative estimate of drug-likeness (QED) is 0.346. The lowest BCUT2D eigenvalue weighted by Gasteiger charge is -2.30. The van der Waals surface area contributed by atoms with Crippen LogP contribution in [0, 0.1) is 0 Å². The fourth-order valence-corrected chi connectivity index (χ4v) is 2.95. The summed E-state index contributed by atoms with van der Waals surface area (Å²) in [6.45, 7) is 2.38. The molecular formula is C23H34F6N6O4. The van der Waals surface area contributed by atoms with Gasteiger partial charge in [-0.25, -0.2) is 14.3 Å². The van der Waals surface area contributed by atoms with Crippen molar-refractivity contribution in [1.29, 1.82) is 0 Å². The summed E-state index contributed by atoms with van der Waals surface area (Å²) in [7, 11) is 1.25. The molecule has 0 spiro atoms. The molecule has 0 aliphatic carbocycles. The van der Waals surface area contributed by atoms with E-state index in [-0.39, 0.29) is 23.5 Å². The van der Waals surface area contributed by atoms with Crippen LogP contribution in [0.3, 0.4) is 0 Å². The number of alkyl halides is 6. The Kier molecular flexibility index (Phi) is 9.18. The van der Waals surface area contributed by atoms with Crippen LogP contribution in [-0.4, -0.2) is 77.1 Å². The highest BCUT2D eigenvalue weighted by molar-refractivity contribution is 5.68. The summed E-state index contributed by atoms with van der Waals surface area (Å²) in [4.78, 5) is 16.7. The van der Waals surface area contributed by atoms with Crippen LogP contribution in [0.25, 0.3) is 5.65 Å². The second-order valence-corrected chi connectivity index (χ2v) is 10.1. The van der Waals surface area contributed by atoms with Crippen molar-refractivity contribution >= 4 is 11.7 Å². The van der Waals surface area contributed by atoms with Crippen molar-refractivity contribution in [2.75, 3.05) is 26.8 Å². The number of halogens is 6. The average Bonchev–Trinajstić information content (AvgIpc) is 3.21. The van der Waals surface area contributed by atoms with E-state index in [1.807, 2.05) is 0 Å². The van der Waals surface area contributed by atoms with Crippen LogP contribution in [0.15, 0.2) is 18.5 Å². The van der Waals surface area contributed by atoms with Gasteiger partial charge in [0, 0.05) is 16.3 Å². The Hall–Kier alpha value is -2.69. The average molecular weight is 575 g/mol. The SMILES string of the molecule is [2H]C([2H])(N[C@H](COC)c1cnn2cc([C@H](COC(C)(C)C(F)(F)F)NC(=O)OC(C)(C)C)nc2c1)[C@H](N)C(F)(F)F. The first kappa shape index (κ1) is 29.3. The van der Waals surface area contributed by atoms with Gasteiger partial charge in [0.1, 0.15) is 11.6 Å². The Labute approximate surface area is 224 Å². The minimum atomic E-state index is -5.03. The van der Waals surface area contributed by atoms with Crippen LogP contribution >= 0.6 is 0 Å². The molecule has 0 saturated heterocycles. The molecule has 0 aliphatic heterocycles. The molecule has 16 heteroatoms. The number of hydrogen-bond donors (Lipinski definition) is 3. The largest absolute Gasteiger partial charge is 0.444 e. The number of nitrogens with one attached hydrogen (secondary N) is 2. The number of methoxy groups -OCH3 is 1. The first-order chi connectivity index (χ1) is 18.5. The number of carbonyl (C=O) groups is 1. The normalized spacial score (nSPS) is 16.8. The van der Waals surface area contributed by atoms with Gasteiger partial charge in [-0.2, -0.15) is 31.4 Å². The Bertz CT molecular complexity index is 1190. The number of ether oxygens (including phenoxy) is 3. The van der Waals surface area contributed by atoms with Crippen molar-refractivity contribution in [3.05, 3.63) is 29.7 Å². The van der Waals surface area contributed by atoms with Crippen molar-refractivity contribution in [3.63, 3.8) is 0 Å². The van der Waals surface area contributed by atoms with Gasteiger partial charge >= 0.3 is 18.4 Å². The summed E-state index contributed by atoms with van der Waals surface area (Å²) < 4.78 is 112. The van der Waals surface area contributed by atoms with E-state index >= 15 is 0 Å². The summed E-state index contributed by atoms with van der Waals surface area (Å²) in [5.41, 5.74) is 1.87. The van der Waals surface area contributed by atoms with E-state index < -0.39 is 60.9 Å². The van der Waals surface area contributed by atoms with Crippen LogP contribution in [0.5, 0.6) is 0 Å². The molecule has 2 aromatic heterocycles. The van der Waals surface area contributed by atoms with Gasteiger partial charge in [0.25, 0.3) is 0 Å². The van der Waals surface area contributed by atoms with Crippen molar-refractivity contribution in [1.82, 2.24) is 25.2 Å². The number of fused-ring (bicyclic) bond motifs is 1. The number of imidazole rings is 1. The van der Waals surface area contributed by atoms with Gasteiger partial charge in [0.2, 0.25) is 0 Å². The molecule has 222 valence electrons. The number of hydrogen-bond acceptors (Lipinski definition) is 8. The number of alkyl carbamates (subject to hydrolysis) is 1. The third-order valence-corrected chi connectivity index (χ3v) is 5.20. The summed E-state index contributed by atoms with van der Waals surface area (Å²) >= 11 is 0. The predicted octanol–water partition coefficient (Wildman–Crippen LogP) is 3.82. The van der Waals surface area contributed by atoms with E-state index in [0.717, 1.165) is 13.8 Å². The molecule has 3 atom stereocenters. The molecule has 2 heterocycles. The highest BCUT2D eigenvalue weighted by Gasteiger charge is 2.49. The van der Waals surface area contributed by atoms with Gasteiger partial charge in [-0.15, -0.1) is 0 Å². The zero-order chi connectivity index (χ0) is 31.6. The number of aromatic nitrogens is 3. The zero-order valence-electron chi connectivity index (χ0n) is 24.2. The lowest BCUT2D eigenvalue weighted by atomic mass is 10.1. The van der Waals surface area contributed by atoms with Crippen molar-refractivity contribution < 1.29 is 48.1 Å². The van der Waals surface area contributed by atoms with E-state index in [2.05, 4.69) is 20.7 Å². The first-order valence-corrected chi connectivity index (χ1v) is 11.6. The smallest absolute Gasteiger partial charge is 0.416 e. The van der Waals surface area contributed by atoms with E-state index in [0.29, 0.717) is 0 Å². The predicted molar refractivity (Wildman–Crippen MR) is 128 cm³/mol. The fraction of sp³-hybridized carbons (Fsp3) is 0.696. The standard InChI is InChI=1S/C23H34F6N6O4/c1-20(2,3)39-19(36)34-16(12-38-21(4,5)23(27,28)29)14-10-35-18(33-14)7-13(8-32-35)15(11-37-6)31-9-17(30)22(24,25)26/h7-8,10,15-17,31H,9,11-12,30H2,1-6H3,(H,34,36)/t15-,16+,17+/m1/s1/i9D2. The molecular weight excluding hydrogens is 538 g/mol. The minimum Gasteiger partial charge on any atom is -0.444 e. The highest BCUT2D eigenvalue weighted by atomic mass is 19.4. The van der Waals surface area contributed by atoms with Crippen LogP contribution in [0.4, 0.5) is 31.1 Å². The third-order valence-electron chi connectivity index (χ3n) is 5.20. The molecule has 39 heavy (non-hydrogen) atoms. The summed E-state index contributed by atoms with van der Waals surface area (Å²) in [6.07, 6.45) is -8.18. The molecule has 0 radical (unpaired) electrons. The van der Waals surface area contributed by atoms with Crippen LogP contribution in [0.1, 0.15) is 60.7 Å². The lowest BCUT2D eigenvalue weighted by molar-refractivity contribution is -0.265. The van der Waals surface area contributed by atoms with Gasteiger partial charge in [-0.1, -0.05) is 0 Å². The van der Waals surface area contributed by atoms with E-state index in [9.17, 15) is 31.1 Å². The maximum absolute atomic E-state index is 13.4. The summed E-state index contributed by atoms with van der Waals surface area (Å²) in [5, 5.41) is 8.74. The summed E-state index contributed by atoms with van der Waals surface area (Å²) in [5.74, 6) is 0. The monoisotopic (exact) mass is 574 g/mol. The Balaban J connectivity index is 2.42. The minimum absolute atomic E-state index is 0.0316. The second kappa shape index (κ2) is 12.2. The van der Waals surface area contributed by atoms with Gasteiger partial charge in [-0.05, 0) is 46.2 Å². The third kappa shape index (κ3) is 9.47. The van der Waals surface area contributed by atoms with E-state index in [4.69, 9.17) is 22.7 Å². The van der Waals surface area contributed by atoms with Crippen LogP contribution in [0.2, 0.25) is 0 Å². The van der Waals surface area contributed by atoms with Crippen molar-refractivity contribution in [2.24, 2.45) is 5.73 Å². The number of nitrogens with two attached hydrogens (primary N) is 1. The second-order valence-electron chi connectivity index (χ2n) is 10.1. The molecule has 0 saturated carbocycles. The lowest BCUT2D eigenvalue weighted by Crippen LogP contribution is -2.46. The summed E-state index contributed by atoms with van der Waals surface area (Å²) in [6, 6.07) is -3.89. The topological polar surface area (TPSA) is 125 Å². The molecule has 0 fully saturated rings. The molecule has 10 nitrogen and oxygen atoms in total. The molecule has 0 aromatic carbocycles. The molecule has 1 amide bonds. The number of amides is 1. The van der Waals surface area contributed by atoms with Crippen molar-refractivity contribution in [3.8, 4) is 0 Å². The number of rotatable bonds is 11. The first-order valence-electron chi connectivity index (χ1n) is 12.6. The van der Waals surface area contributed by atoms with Crippen LogP contribution in [-0.2, 0) is 14.2 Å². The molecule has 0 unspecified atom stereocenters. The van der Waals surface area contributed by atoms with Gasteiger partial charge in [-0.3, -0.25) is 0 Å². The van der Waals surface area contributed by atoms with Crippen LogP contribution < -0.4 is 16.4 Å². The molecule has 4 N–H and O–H groups in total. The maximum atomic E-state index is 13.4. The maximum Gasteiger partial charge on any atom is 0.416 e. The van der Waals surface area contributed by atoms with Gasteiger partial charge in [0.15, 0.2) is 11.2 Å². The zero-order valence-corrected chi connectivity index (χ0v) is 22.2. The Morgan fingerprint density at radius 1 is 1.13 bits per heavy atom. The molecule has 0 bridgehead atoms. The molecule has 2 aromatic rings. The Morgan fingerprint density at radius 3 is 2.31 bits per heavy atom. The van der Waals surface area contributed by atoms with Crippen molar-refractivity contribution in [2.45, 2.75) is 76.3 Å². The van der Waals surface area contributed by atoms with E-state index in [1.54, 1.807) is 20.8 Å². The molecule has 0 aliphatic rings. The van der Waals surface area contributed by atoms with Gasteiger partial charge < -0.3 is 30.6 Å². The molecule has 2 rings (SSSR count). The fourth-order valence-electron chi connectivity index (χ4n) is 2.95. The Morgan fingerprint density at radius 2 is 1.77 bits per heavy atom. The number of nitrogens with zero attached hydrogens (tertiary/aromatic N) is 3. The highest BCUT2D eigenvalue weighted by Crippen LogP contribution is 2.34. The number of carbonyl (C=O) groups excluding carboxylic acids is 1.